The van der Waals surface area contributed by atoms with Crippen LogP contribution in [-0.2, 0) is 10.0 Å². The van der Waals surface area contributed by atoms with Gasteiger partial charge in [-0.2, -0.15) is 8.42 Å². The van der Waals surface area contributed by atoms with E-state index in [0.29, 0.717) is 6.42 Å². The summed E-state index contributed by atoms with van der Waals surface area (Å²) in [5.41, 5.74) is -0.978. The molecule has 0 saturated carbocycles. The van der Waals surface area contributed by atoms with Crippen molar-refractivity contribution in [1.29, 1.82) is 0 Å². The number of rotatable bonds is 3. The third kappa shape index (κ3) is 3.06. The minimum Gasteiger partial charge on any atom is -0.165 e. The lowest BCUT2D eigenvalue weighted by molar-refractivity contribution is 0.144. The zero-order valence-corrected chi connectivity index (χ0v) is 8.78. The summed E-state index contributed by atoms with van der Waals surface area (Å²) in [6.07, 6.45) is 0.429. The summed E-state index contributed by atoms with van der Waals surface area (Å²) in [5, 5.41) is 0. The van der Waals surface area contributed by atoms with Gasteiger partial charge in [0.05, 0.1) is 4.48 Å². The van der Waals surface area contributed by atoms with Gasteiger partial charge in [0.2, 0.25) is 0 Å². The van der Waals surface area contributed by atoms with Crippen molar-refractivity contribution in [1.82, 2.24) is 4.53 Å². The van der Waals surface area contributed by atoms with E-state index in [9.17, 15) is 12.9 Å². The molecule has 73 valence electrons. The highest BCUT2D eigenvalue weighted by atomic mass is 32.2. The van der Waals surface area contributed by atoms with Gasteiger partial charge >= 0.3 is 10.0 Å². The van der Waals surface area contributed by atoms with Crippen molar-refractivity contribution < 1.29 is 12.9 Å². The summed E-state index contributed by atoms with van der Waals surface area (Å²) < 4.78 is 35.3. The molecule has 0 aliphatic rings. The first-order valence-electron chi connectivity index (χ1n) is 3.90. The van der Waals surface area contributed by atoms with Crippen LogP contribution in [0.4, 0.5) is 4.48 Å². The second-order valence-electron chi connectivity index (χ2n) is 3.70. The molecule has 1 radical (unpaired) electrons. The summed E-state index contributed by atoms with van der Waals surface area (Å²) in [4.78, 5) is 0. The largest absolute Gasteiger partial charge is 0.382 e. The van der Waals surface area contributed by atoms with Gasteiger partial charge in [-0.3, -0.25) is 0 Å². The lowest BCUT2D eigenvalue weighted by Crippen LogP contribution is -2.45. The molecule has 0 saturated heterocycles. The Labute approximate surface area is 73.6 Å². The van der Waals surface area contributed by atoms with Crippen molar-refractivity contribution in [3.8, 4) is 0 Å². The molecule has 0 spiro atoms. The maximum Gasteiger partial charge on any atom is 0.382 e. The zero-order chi connectivity index (χ0) is 9.99. The van der Waals surface area contributed by atoms with Crippen molar-refractivity contribution >= 4 is 10.0 Å². The van der Waals surface area contributed by atoms with Crippen LogP contribution < -0.4 is 4.53 Å². The van der Waals surface area contributed by atoms with Crippen molar-refractivity contribution in [2.45, 2.75) is 39.7 Å². The monoisotopic (exact) mass is 197 g/mol. The highest BCUT2D eigenvalue weighted by Crippen LogP contribution is 2.15. The van der Waals surface area contributed by atoms with Gasteiger partial charge in [-0.15, -0.1) is 0 Å². The molecule has 0 rings (SSSR count). The van der Waals surface area contributed by atoms with E-state index in [1.807, 2.05) is 0 Å². The van der Waals surface area contributed by atoms with Crippen LogP contribution in [0.3, 0.4) is 0 Å². The van der Waals surface area contributed by atoms with Crippen molar-refractivity contribution in [3.05, 3.63) is 0 Å². The maximum absolute atomic E-state index is 13.1. The molecule has 0 aliphatic carbocycles. The predicted molar refractivity (Wildman–Crippen MR) is 47.1 cm³/mol. The molecule has 0 aromatic rings. The van der Waals surface area contributed by atoms with Crippen LogP contribution in [0, 0.1) is 0 Å². The molecule has 0 aromatic heterocycles. The lowest BCUT2D eigenvalue weighted by atomic mass is 10.1. The van der Waals surface area contributed by atoms with Gasteiger partial charge in [0, 0.05) is 20.8 Å². The Balaban J connectivity index is 4.59. The summed E-state index contributed by atoms with van der Waals surface area (Å²) in [6, 6.07) is 0. The number of halogens is 1. The quantitative estimate of drug-likeness (QED) is 0.644. The third-order valence-corrected chi connectivity index (χ3v) is 3.19. The molecule has 0 bridgehead atoms. The van der Waals surface area contributed by atoms with Gasteiger partial charge in [-0.1, -0.05) is 6.92 Å². The van der Waals surface area contributed by atoms with Gasteiger partial charge in [0.1, 0.15) is 5.75 Å². The normalized spacial score (nSPS) is 13.8. The molecule has 5 heteroatoms. The Hall–Kier alpha value is -0.160. The van der Waals surface area contributed by atoms with E-state index >= 15 is 0 Å². The fourth-order valence-corrected chi connectivity index (χ4v) is 2.27. The highest BCUT2D eigenvalue weighted by Gasteiger charge is 2.45. The second-order valence-corrected chi connectivity index (χ2v) is 5.59. The summed E-state index contributed by atoms with van der Waals surface area (Å²) in [7, 11) is -3.70. The van der Waals surface area contributed by atoms with Crippen LogP contribution in [0.1, 0.15) is 34.1 Å². The standard InChI is InChI=1S/C7H16FNO2S/c1-5-6-12(10,11)9(8)7(2,3)4/h5-6H2,1-4H3/q+1. The first kappa shape index (κ1) is 11.8. The zero-order valence-electron chi connectivity index (χ0n) is 7.96. The van der Waals surface area contributed by atoms with Gasteiger partial charge in [0.15, 0.2) is 10.1 Å². The van der Waals surface area contributed by atoms with Crippen LogP contribution in [0.5, 0.6) is 0 Å². The van der Waals surface area contributed by atoms with Crippen LogP contribution in [0.25, 0.3) is 0 Å². The van der Waals surface area contributed by atoms with Gasteiger partial charge in [-0.25, -0.2) is 0 Å². The van der Waals surface area contributed by atoms with E-state index in [4.69, 9.17) is 0 Å². The minimum absolute atomic E-state index is 0.0660. The molecule has 0 N–H and O–H groups in total. The van der Waals surface area contributed by atoms with Crippen molar-refractivity contribution in [2.24, 2.45) is 0 Å². The Bertz CT molecular complexity index is 230. The fourth-order valence-electron chi connectivity index (χ4n) is 0.755. The summed E-state index contributed by atoms with van der Waals surface area (Å²) >= 11 is 0. The highest BCUT2D eigenvalue weighted by molar-refractivity contribution is 7.89. The van der Waals surface area contributed by atoms with Crippen LogP contribution >= 0.6 is 0 Å². The van der Waals surface area contributed by atoms with E-state index < -0.39 is 15.6 Å². The average Bonchev–Trinajstić information content (AvgIpc) is 1.84. The van der Waals surface area contributed by atoms with E-state index in [-0.39, 0.29) is 10.3 Å². The van der Waals surface area contributed by atoms with Gasteiger partial charge in [0.25, 0.3) is 0 Å². The SMILES string of the molecule is CCCS(=O)(=O)[N+](F)C(C)(C)C. The Morgan fingerprint density at radius 3 is 2.00 bits per heavy atom. The Morgan fingerprint density at radius 1 is 1.33 bits per heavy atom. The van der Waals surface area contributed by atoms with Crippen LogP contribution in [-0.4, -0.2) is 19.7 Å². The molecule has 0 atom stereocenters. The molecule has 0 fully saturated rings. The first-order chi connectivity index (χ1) is 5.22. The molecular formula is C7H16FNO2S+. The molecule has 0 unspecified atom stereocenters. The second kappa shape index (κ2) is 3.70. The van der Waals surface area contributed by atoms with E-state index in [1.165, 1.54) is 20.8 Å². The van der Waals surface area contributed by atoms with E-state index in [2.05, 4.69) is 0 Å². The number of nitrogens with zero attached hydrogens (tertiary/aromatic N) is 1. The first-order valence-corrected chi connectivity index (χ1v) is 5.51. The molecule has 0 heterocycles. The third-order valence-electron chi connectivity index (χ3n) is 1.23. The number of sulfonamides is 1. The minimum atomic E-state index is -3.70. The van der Waals surface area contributed by atoms with E-state index in [0.717, 1.165) is 0 Å². The molecular weight excluding hydrogens is 181 g/mol. The topological polar surface area (TPSA) is 40.0 Å². The van der Waals surface area contributed by atoms with Gasteiger partial charge in [-0.05, 0) is 6.42 Å². The van der Waals surface area contributed by atoms with E-state index in [1.54, 1.807) is 6.92 Å². The van der Waals surface area contributed by atoms with Crippen LogP contribution in [0.15, 0.2) is 0 Å². The smallest absolute Gasteiger partial charge is 0.165 e. The Kier molecular flexibility index (Phi) is 3.65. The van der Waals surface area contributed by atoms with Crippen LogP contribution in [0.2, 0.25) is 0 Å². The number of hydrogen-bond acceptors (Lipinski definition) is 2. The maximum atomic E-state index is 13.1. The molecule has 0 aromatic carbocycles. The molecule has 0 amide bonds. The predicted octanol–water partition coefficient (Wildman–Crippen LogP) is 1.55. The summed E-state index contributed by atoms with van der Waals surface area (Å²) in [5.74, 6) is -0.138. The fraction of sp³-hybridized carbons (Fsp3) is 1.00. The number of hydrogen-bond donors (Lipinski definition) is 0. The van der Waals surface area contributed by atoms with Gasteiger partial charge < -0.3 is 0 Å². The Morgan fingerprint density at radius 2 is 1.75 bits per heavy atom. The van der Waals surface area contributed by atoms with Crippen molar-refractivity contribution in [2.75, 3.05) is 5.75 Å². The molecule has 12 heavy (non-hydrogen) atoms. The van der Waals surface area contributed by atoms with Crippen molar-refractivity contribution in [3.63, 3.8) is 0 Å². The summed E-state index contributed by atoms with van der Waals surface area (Å²) in [6.45, 7) is 6.24. The lowest BCUT2D eigenvalue weighted by Gasteiger charge is -2.12. The average molecular weight is 197 g/mol. The molecule has 3 nitrogen and oxygen atoms in total. The molecule has 0 aliphatic heterocycles.